The van der Waals surface area contributed by atoms with E-state index in [1.807, 2.05) is 6.07 Å². The summed E-state index contributed by atoms with van der Waals surface area (Å²) in [5, 5.41) is 2.40. The molecule has 0 radical (unpaired) electrons. The maximum Gasteiger partial charge on any atom is 0.0704 e. The highest BCUT2D eigenvalue weighted by atomic mass is 15.3. The zero-order valence-electron chi connectivity index (χ0n) is 11.9. The number of nitrogens with zero attached hydrogens (tertiary/aromatic N) is 1. The van der Waals surface area contributed by atoms with Crippen LogP contribution in [0.3, 0.4) is 0 Å². The Morgan fingerprint density at radius 3 is 2.19 bits per heavy atom. The molecule has 1 heterocycles. The molecule has 102 valence electrons. The van der Waals surface area contributed by atoms with Crippen LogP contribution < -0.4 is 5.84 Å². The molecular weight excluding hydrogens is 256 g/mol. The molecule has 2 nitrogen and oxygen atoms in total. The van der Waals surface area contributed by atoms with Gasteiger partial charge in [0.1, 0.15) is 0 Å². The van der Waals surface area contributed by atoms with E-state index in [0.29, 0.717) is 0 Å². The van der Waals surface area contributed by atoms with E-state index in [4.69, 9.17) is 5.84 Å². The zero-order valence-corrected chi connectivity index (χ0v) is 11.9. The Kier molecular flexibility index (Phi) is 2.51. The van der Waals surface area contributed by atoms with Crippen molar-refractivity contribution in [3.05, 3.63) is 72.3 Å². The summed E-state index contributed by atoms with van der Waals surface area (Å²) in [5.41, 5.74) is 5.86. The Labute approximate surface area is 123 Å². The molecule has 2 N–H and O–H groups in total. The molecule has 0 aliphatic heterocycles. The van der Waals surface area contributed by atoms with Crippen molar-refractivity contribution in [1.29, 1.82) is 0 Å². The van der Waals surface area contributed by atoms with Crippen LogP contribution in [0.4, 0.5) is 0 Å². The quantitative estimate of drug-likeness (QED) is 0.509. The summed E-state index contributed by atoms with van der Waals surface area (Å²) in [7, 11) is 0. The van der Waals surface area contributed by atoms with Gasteiger partial charge in [0.2, 0.25) is 0 Å². The molecule has 0 aliphatic carbocycles. The van der Waals surface area contributed by atoms with Crippen molar-refractivity contribution in [3.8, 4) is 11.1 Å². The predicted molar refractivity (Wildman–Crippen MR) is 89.8 cm³/mol. The molecule has 4 rings (SSSR count). The maximum absolute atomic E-state index is 6.20. The van der Waals surface area contributed by atoms with Crippen molar-refractivity contribution < 1.29 is 0 Å². The standard InChI is InChI=1S/C19H16N2/c1-13-6-8-14(9-7-13)15-10-11-19-17(12-15)16-4-2-3-5-18(16)21(19)20/h2-12H,20H2,1H3. The third-order valence-corrected chi connectivity index (χ3v) is 4.09. The molecule has 0 spiro atoms. The van der Waals surface area contributed by atoms with E-state index in [1.165, 1.54) is 27.5 Å². The molecular formula is C19H16N2. The van der Waals surface area contributed by atoms with E-state index in [1.54, 1.807) is 4.68 Å². The van der Waals surface area contributed by atoms with Gasteiger partial charge in [0.25, 0.3) is 0 Å². The van der Waals surface area contributed by atoms with Crippen LogP contribution in [-0.2, 0) is 0 Å². The third-order valence-electron chi connectivity index (χ3n) is 4.09. The first-order valence-corrected chi connectivity index (χ1v) is 7.09. The molecule has 2 heteroatoms. The van der Waals surface area contributed by atoms with Crippen molar-refractivity contribution in [3.63, 3.8) is 0 Å². The van der Waals surface area contributed by atoms with Crippen LogP contribution in [0.25, 0.3) is 32.9 Å². The van der Waals surface area contributed by atoms with Gasteiger partial charge in [-0.15, -0.1) is 0 Å². The van der Waals surface area contributed by atoms with Gasteiger partial charge in [0.15, 0.2) is 0 Å². The third kappa shape index (κ3) is 1.80. The highest BCUT2D eigenvalue weighted by molar-refractivity contribution is 6.09. The Hall–Kier alpha value is -2.74. The van der Waals surface area contributed by atoms with Crippen LogP contribution in [-0.4, -0.2) is 4.68 Å². The highest BCUT2D eigenvalue weighted by Crippen LogP contribution is 2.31. The van der Waals surface area contributed by atoms with Gasteiger partial charge in [-0.3, -0.25) is 4.68 Å². The van der Waals surface area contributed by atoms with Crippen LogP contribution >= 0.6 is 0 Å². The second-order valence-corrected chi connectivity index (χ2v) is 5.49. The van der Waals surface area contributed by atoms with E-state index in [0.717, 1.165) is 11.0 Å². The average molecular weight is 272 g/mol. The van der Waals surface area contributed by atoms with E-state index in [-0.39, 0.29) is 0 Å². The normalized spacial score (nSPS) is 11.3. The number of aryl methyl sites for hydroxylation is 1. The van der Waals surface area contributed by atoms with Gasteiger partial charge >= 0.3 is 0 Å². The summed E-state index contributed by atoms with van der Waals surface area (Å²) in [6.45, 7) is 2.11. The van der Waals surface area contributed by atoms with Gasteiger partial charge in [0.05, 0.1) is 11.0 Å². The monoisotopic (exact) mass is 272 g/mol. The zero-order chi connectivity index (χ0) is 14.4. The Balaban J connectivity index is 2.01. The highest BCUT2D eigenvalue weighted by Gasteiger charge is 2.09. The fourth-order valence-corrected chi connectivity index (χ4v) is 2.93. The summed E-state index contributed by atoms with van der Waals surface area (Å²) in [6, 6.07) is 23.3. The average Bonchev–Trinajstić information content (AvgIpc) is 2.81. The second kappa shape index (κ2) is 4.38. The van der Waals surface area contributed by atoms with Crippen molar-refractivity contribution >= 4 is 21.8 Å². The summed E-state index contributed by atoms with van der Waals surface area (Å²) < 4.78 is 1.77. The number of fused-ring (bicyclic) bond motifs is 3. The number of rotatable bonds is 1. The molecule has 0 unspecified atom stereocenters. The lowest BCUT2D eigenvalue weighted by Gasteiger charge is -2.03. The number of hydrogen-bond acceptors (Lipinski definition) is 1. The lowest BCUT2D eigenvalue weighted by Crippen LogP contribution is -2.06. The first-order chi connectivity index (χ1) is 10.2. The molecule has 0 aliphatic rings. The molecule has 0 fully saturated rings. The summed E-state index contributed by atoms with van der Waals surface area (Å²) in [6.07, 6.45) is 0. The van der Waals surface area contributed by atoms with Crippen LogP contribution in [0.15, 0.2) is 66.7 Å². The summed E-state index contributed by atoms with van der Waals surface area (Å²) in [4.78, 5) is 0. The van der Waals surface area contributed by atoms with Gasteiger partial charge in [-0.05, 0) is 36.2 Å². The van der Waals surface area contributed by atoms with Gasteiger partial charge in [-0.2, -0.15) is 0 Å². The lowest BCUT2D eigenvalue weighted by atomic mass is 10.0. The minimum absolute atomic E-state index is 1.06. The van der Waals surface area contributed by atoms with Gasteiger partial charge < -0.3 is 5.84 Å². The summed E-state index contributed by atoms with van der Waals surface area (Å²) in [5.74, 6) is 6.20. The Morgan fingerprint density at radius 1 is 0.714 bits per heavy atom. The van der Waals surface area contributed by atoms with Gasteiger partial charge in [-0.25, -0.2) is 0 Å². The number of para-hydroxylation sites is 1. The van der Waals surface area contributed by atoms with Crippen molar-refractivity contribution in [2.24, 2.45) is 0 Å². The van der Waals surface area contributed by atoms with Gasteiger partial charge in [-0.1, -0.05) is 54.1 Å². The van der Waals surface area contributed by atoms with E-state index >= 15 is 0 Å². The van der Waals surface area contributed by atoms with Crippen LogP contribution in [0.2, 0.25) is 0 Å². The number of nitrogens with two attached hydrogens (primary N) is 1. The minimum atomic E-state index is 1.06. The second-order valence-electron chi connectivity index (χ2n) is 5.49. The van der Waals surface area contributed by atoms with Crippen LogP contribution in [0.5, 0.6) is 0 Å². The van der Waals surface area contributed by atoms with Crippen LogP contribution in [0, 0.1) is 6.92 Å². The number of nitrogen functional groups attached to an aromatic ring is 1. The molecule has 0 bridgehead atoms. The fourth-order valence-electron chi connectivity index (χ4n) is 2.93. The lowest BCUT2D eigenvalue weighted by molar-refractivity contribution is 1.12. The smallest absolute Gasteiger partial charge is 0.0704 e. The molecule has 3 aromatic carbocycles. The molecule has 0 saturated carbocycles. The largest absolute Gasteiger partial charge is 0.339 e. The number of hydrogen-bond donors (Lipinski definition) is 1. The van der Waals surface area contributed by atoms with E-state index in [2.05, 4.69) is 67.6 Å². The predicted octanol–water partition coefficient (Wildman–Crippen LogP) is 4.48. The molecule has 0 amide bonds. The maximum atomic E-state index is 6.20. The fraction of sp³-hybridized carbons (Fsp3) is 0.0526. The van der Waals surface area contributed by atoms with Crippen molar-refractivity contribution in [1.82, 2.24) is 4.68 Å². The summed E-state index contributed by atoms with van der Waals surface area (Å²) >= 11 is 0. The minimum Gasteiger partial charge on any atom is -0.339 e. The number of aromatic nitrogens is 1. The first kappa shape index (κ1) is 12.0. The van der Waals surface area contributed by atoms with Crippen molar-refractivity contribution in [2.45, 2.75) is 6.92 Å². The van der Waals surface area contributed by atoms with Crippen molar-refractivity contribution in [2.75, 3.05) is 5.84 Å². The topological polar surface area (TPSA) is 30.9 Å². The number of benzene rings is 3. The molecule has 4 aromatic rings. The van der Waals surface area contributed by atoms with Gasteiger partial charge in [0, 0.05) is 10.8 Å². The first-order valence-electron chi connectivity index (χ1n) is 7.09. The molecule has 0 atom stereocenters. The Bertz CT molecular complexity index is 947. The Morgan fingerprint density at radius 2 is 1.38 bits per heavy atom. The van der Waals surface area contributed by atoms with E-state index in [9.17, 15) is 0 Å². The van der Waals surface area contributed by atoms with Crippen LogP contribution in [0.1, 0.15) is 5.56 Å². The molecule has 21 heavy (non-hydrogen) atoms. The molecule has 1 aromatic heterocycles. The SMILES string of the molecule is Cc1ccc(-c2ccc3c(c2)c2ccccc2n3N)cc1. The molecule has 0 saturated heterocycles. The van der Waals surface area contributed by atoms with E-state index < -0.39 is 0 Å².